The van der Waals surface area contributed by atoms with Gasteiger partial charge in [0.2, 0.25) is 0 Å². The predicted octanol–water partition coefficient (Wildman–Crippen LogP) is 5.75. The molecule has 15 heteroatoms. The van der Waals surface area contributed by atoms with Gasteiger partial charge >= 0.3 is 18.3 Å². The number of hydrogen-bond acceptors (Lipinski definition) is 8. The Hall–Kier alpha value is -4.19. The average molecular weight is 540 g/mol. The Morgan fingerprint density at radius 1 is 1.16 bits per heavy atom. The number of nitrogens with one attached hydrogen (secondary N) is 1. The van der Waals surface area contributed by atoms with Crippen LogP contribution in [-0.2, 0) is 17.1 Å². The van der Waals surface area contributed by atoms with Crippen molar-refractivity contribution in [1.82, 2.24) is 19.7 Å². The number of alkyl halides is 6. The van der Waals surface area contributed by atoms with Gasteiger partial charge < -0.3 is 10.1 Å². The van der Waals surface area contributed by atoms with Gasteiger partial charge in [0.15, 0.2) is 11.6 Å². The van der Waals surface area contributed by atoms with E-state index >= 15 is 0 Å². The number of nitrogens with zero attached hydrogens (tertiary/aromatic N) is 5. The lowest BCUT2D eigenvalue weighted by molar-refractivity contribution is -0.142. The molecule has 0 aliphatic rings. The molecule has 192 valence electrons. The molecule has 0 saturated heterocycles. The Bertz CT molecular complexity index is 1520. The van der Waals surface area contributed by atoms with Crippen molar-refractivity contribution in [3.63, 3.8) is 0 Å². The lowest BCUT2D eigenvalue weighted by Gasteiger charge is -2.17. The van der Waals surface area contributed by atoms with E-state index in [0.29, 0.717) is 17.4 Å². The molecule has 0 aliphatic carbocycles. The lowest BCUT2D eigenvalue weighted by Crippen LogP contribution is -2.16. The maximum atomic E-state index is 13.7. The highest BCUT2D eigenvalue weighted by molar-refractivity contribution is 7.21. The van der Waals surface area contributed by atoms with Crippen molar-refractivity contribution in [2.24, 2.45) is 0 Å². The van der Waals surface area contributed by atoms with Crippen molar-refractivity contribution in [2.45, 2.75) is 25.3 Å². The SMILES string of the molecule is COC(=O)c1sc2c(C(F)(F)F)cc(C(F)(F)F)cc2c1NC(C)c1ncnn1-c1ccc(C#N)cn1. The number of fused-ring (bicyclic) bond motifs is 1. The number of aromatic nitrogens is 4. The molecule has 0 amide bonds. The summed E-state index contributed by atoms with van der Waals surface area (Å²) in [6.45, 7) is 1.52. The molecule has 4 aromatic rings. The summed E-state index contributed by atoms with van der Waals surface area (Å²) in [5.74, 6) is -0.606. The number of esters is 1. The van der Waals surface area contributed by atoms with Crippen LogP contribution >= 0.6 is 11.3 Å². The fraction of sp³-hybridized carbons (Fsp3) is 0.227. The second kappa shape index (κ2) is 9.36. The number of carbonyl (C=O) groups excluding carboxylic acids is 1. The molecular formula is C22H14F6N6O2S. The van der Waals surface area contributed by atoms with E-state index in [1.807, 2.05) is 6.07 Å². The van der Waals surface area contributed by atoms with Crippen molar-refractivity contribution in [2.75, 3.05) is 12.4 Å². The molecule has 4 rings (SSSR count). The van der Waals surface area contributed by atoms with Gasteiger partial charge in [-0.25, -0.2) is 14.8 Å². The Kier molecular flexibility index (Phi) is 6.55. The summed E-state index contributed by atoms with van der Waals surface area (Å²) >= 11 is 0.363. The summed E-state index contributed by atoms with van der Waals surface area (Å²) in [6, 6.07) is 4.55. The maximum Gasteiger partial charge on any atom is 0.417 e. The van der Waals surface area contributed by atoms with Gasteiger partial charge in [0.05, 0.1) is 35.5 Å². The predicted molar refractivity (Wildman–Crippen MR) is 119 cm³/mol. The molecule has 37 heavy (non-hydrogen) atoms. The Morgan fingerprint density at radius 2 is 1.89 bits per heavy atom. The minimum Gasteiger partial charge on any atom is -0.465 e. The molecule has 1 N–H and O–H groups in total. The van der Waals surface area contributed by atoms with Crippen molar-refractivity contribution in [1.29, 1.82) is 5.26 Å². The smallest absolute Gasteiger partial charge is 0.417 e. The van der Waals surface area contributed by atoms with Crippen LogP contribution in [0.4, 0.5) is 32.0 Å². The van der Waals surface area contributed by atoms with Crippen LogP contribution in [0.3, 0.4) is 0 Å². The minimum atomic E-state index is -5.12. The molecule has 0 aliphatic heterocycles. The summed E-state index contributed by atoms with van der Waals surface area (Å²) < 4.78 is 87.1. The van der Waals surface area contributed by atoms with Crippen molar-refractivity contribution in [3.8, 4) is 11.9 Å². The normalized spacial score (nSPS) is 12.8. The molecule has 3 heterocycles. The fourth-order valence-electron chi connectivity index (χ4n) is 3.53. The van der Waals surface area contributed by atoms with Gasteiger partial charge in [-0.15, -0.1) is 11.3 Å². The Morgan fingerprint density at radius 3 is 2.46 bits per heavy atom. The van der Waals surface area contributed by atoms with Gasteiger partial charge in [-0.3, -0.25) is 0 Å². The van der Waals surface area contributed by atoms with E-state index in [9.17, 15) is 31.1 Å². The zero-order valence-corrected chi connectivity index (χ0v) is 19.6. The Labute approximate surface area is 208 Å². The van der Waals surface area contributed by atoms with Crippen molar-refractivity contribution in [3.05, 3.63) is 64.2 Å². The van der Waals surface area contributed by atoms with Crippen LogP contribution in [0.25, 0.3) is 15.9 Å². The number of carbonyl (C=O) groups is 1. The van der Waals surface area contributed by atoms with Crippen molar-refractivity contribution >= 4 is 33.1 Å². The fourth-order valence-corrected chi connectivity index (χ4v) is 4.73. The van der Waals surface area contributed by atoms with Gasteiger partial charge in [0, 0.05) is 16.3 Å². The topological polar surface area (TPSA) is 106 Å². The number of rotatable bonds is 5. The number of ether oxygens (including phenoxy) is 1. The van der Waals surface area contributed by atoms with Gasteiger partial charge in [-0.05, 0) is 31.2 Å². The summed E-state index contributed by atoms with van der Waals surface area (Å²) in [5, 5.41) is 15.4. The molecule has 8 nitrogen and oxygen atoms in total. The van der Waals surface area contributed by atoms with Crippen molar-refractivity contribution < 1.29 is 35.9 Å². The molecule has 1 atom stereocenters. The number of benzene rings is 1. The number of nitriles is 1. The lowest BCUT2D eigenvalue weighted by atomic mass is 10.0. The van der Waals surface area contributed by atoms with Crippen LogP contribution in [0.2, 0.25) is 0 Å². The maximum absolute atomic E-state index is 13.7. The van der Waals surface area contributed by atoms with Crippen LogP contribution in [0, 0.1) is 11.3 Å². The number of methoxy groups -OCH3 is 1. The third kappa shape index (κ3) is 4.92. The van der Waals surface area contributed by atoms with E-state index in [1.165, 1.54) is 36.3 Å². The van der Waals surface area contributed by atoms with E-state index in [2.05, 4.69) is 25.1 Å². The average Bonchev–Trinajstić information content (AvgIpc) is 3.47. The first kappa shape index (κ1) is 25.9. The quantitative estimate of drug-likeness (QED) is 0.254. The second-order valence-corrected chi connectivity index (χ2v) is 8.63. The van der Waals surface area contributed by atoms with Crippen LogP contribution in [0.1, 0.15) is 45.2 Å². The number of hydrogen-bond donors (Lipinski definition) is 1. The zero-order chi connectivity index (χ0) is 27.1. The van der Waals surface area contributed by atoms with E-state index in [-0.39, 0.29) is 33.8 Å². The summed E-state index contributed by atoms with van der Waals surface area (Å²) in [4.78, 5) is 20.3. The molecule has 1 aromatic carbocycles. The molecule has 0 spiro atoms. The van der Waals surface area contributed by atoms with Gasteiger partial charge in [-0.2, -0.15) is 41.4 Å². The zero-order valence-electron chi connectivity index (χ0n) is 18.8. The molecule has 0 radical (unpaired) electrons. The molecule has 0 fully saturated rings. The highest BCUT2D eigenvalue weighted by Crippen LogP contribution is 2.47. The first-order valence-electron chi connectivity index (χ1n) is 10.2. The number of anilines is 1. The first-order valence-corrected chi connectivity index (χ1v) is 11.0. The van der Waals surface area contributed by atoms with Crippen LogP contribution < -0.4 is 5.32 Å². The van der Waals surface area contributed by atoms with E-state index in [0.717, 1.165) is 7.11 Å². The monoisotopic (exact) mass is 540 g/mol. The van der Waals surface area contributed by atoms with Gasteiger partial charge in [0.25, 0.3) is 0 Å². The van der Waals surface area contributed by atoms with Crippen LogP contribution in [0.15, 0.2) is 36.8 Å². The molecule has 1 unspecified atom stereocenters. The second-order valence-electron chi connectivity index (χ2n) is 7.61. The highest BCUT2D eigenvalue weighted by Gasteiger charge is 2.40. The Balaban J connectivity index is 1.87. The molecule has 0 saturated carbocycles. The van der Waals surface area contributed by atoms with E-state index < -0.39 is 45.6 Å². The standard InChI is InChI=1S/C22H14F6N6O2S/c1-10(19-31-9-32-34(19)15-4-3-11(7-29)8-30-15)33-16-13-5-12(21(23,24)25)6-14(22(26,27)28)17(13)37-18(16)20(35)36-2/h3-6,8-10,33H,1-2H3. The first-order chi connectivity index (χ1) is 17.3. The van der Waals surface area contributed by atoms with E-state index in [4.69, 9.17) is 5.26 Å². The van der Waals surface area contributed by atoms with Crippen LogP contribution in [0.5, 0.6) is 0 Å². The molecule has 0 bridgehead atoms. The number of halogens is 6. The molecule has 3 aromatic heterocycles. The van der Waals surface area contributed by atoms with Crippen LogP contribution in [-0.4, -0.2) is 32.8 Å². The summed E-state index contributed by atoms with van der Waals surface area (Å²) in [7, 11) is 0.999. The van der Waals surface area contributed by atoms with Gasteiger partial charge in [-0.1, -0.05) is 0 Å². The van der Waals surface area contributed by atoms with Gasteiger partial charge in [0.1, 0.15) is 17.3 Å². The highest BCUT2D eigenvalue weighted by atomic mass is 32.1. The van der Waals surface area contributed by atoms with E-state index in [1.54, 1.807) is 0 Å². The third-order valence-electron chi connectivity index (χ3n) is 5.21. The summed E-state index contributed by atoms with van der Waals surface area (Å²) in [5.41, 5.74) is -3.05. The number of pyridine rings is 1. The summed E-state index contributed by atoms with van der Waals surface area (Å²) in [6.07, 6.45) is -7.74. The molecular weight excluding hydrogens is 526 g/mol. The largest absolute Gasteiger partial charge is 0.465 e. The third-order valence-corrected chi connectivity index (χ3v) is 6.43. The minimum absolute atomic E-state index is 0.0142. The number of thiophene rings is 1.